The Morgan fingerprint density at radius 2 is 1.56 bits per heavy atom. The SMILES string of the molecule is CCOC(=O)CC[C@H](C)[C@H](c1ccccc1)[Si](C)(C)c1ccccc1. The highest BCUT2D eigenvalue weighted by Crippen LogP contribution is 2.36. The Balaban J connectivity index is 2.29. The molecule has 25 heavy (non-hydrogen) atoms. The largest absolute Gasteiger partial charge is 0.466 e. The molecule has 0 aliphatic rings. The predicted molar refractivity (Wildman–Crippen MR) is 108 cm³/mol. The van der Waals surface area contributed by atoms with E-state index in [1.54, 1.807) is 0 Å². The van der Waals surface area contributed by atoms with Crippen molar-refractivity contribution in [1.82, 2.24) is 0 Å². The van der Waals surface area contributed by atoms with E-state index >= 15 is 0 Å². The second-order valence-electron chi connectivity index (χ2n) is 7.30. The van der Waals surface area contributed by atoms with Gasteiger partial charge >= 0.3 is 5.97 Å². The minimum Gasteiger partial charge on any atom is -0.466 e. The number of ether oxygens (including phenoxy) is 1. The fraction of sp³-hybridized carbons (Fsp3) is 0.409. The normalized spacial score (nSPS) is 13.9. The Morgan fingerprint density at radius 1 is 1.00 bits per heavy atom. The molecule has 2 aromatic rings. The van der Waals surface area contributed by atoms with Crippen molar-refractivity contribution in [1.29, 1.82) is 0 Å². The van der Waals surface area contributed by atoms with E-state index in [2.05, 4.69) is 80.7 Å². The smallest absolute Gasteiger partial charge is 0.305 e. The Hall–Kier alpha value is -1.87. The Kier molecular flexibility index (Phi) is 7.00. The molecule has 0 N–H and O–H groups in total. The van der Waals surface area contributed by atoms with Crippen LogP contribution in [0.4, 0.5) is 0 Å². The van der Waals surface area contributed by atoms with Gasteiger partial charge < -0.3 is 4.74 Å². The maximum absolute atomic E-state index is 11.8. The molecule has 0 aliphatic heterocycles. The molecule has 0 fully saturated rings. The summed E-state index contributed by atoms with van der Waals surface area (Å²) in [5, 5.41) is 1.46. The fourth-order valence-electron chi connectivity index (χ4n) is 3.91. The van der Waals surface area contributed by atoms with Gasteiger partial charge in [0.05, 0.1) is 14.7 Å². The lowest BCUT2D eigenvalue weighted by atomic mass is 9.95. The van der Waals surface area contributed by atoms with Gasteiger partial charge in [-0.2, -0.15) is 0 Å². The molecular weight excluding hydrogens is 324 g/mol. The van der Waals surface area contributed by atoms with Crippen LogP contribution in [0.3, 0.4) is 0 Å². The molecule has 2 atom stereocenters. The summed E-state index contributed by atoms with van der Waals surface area (Å²) in [6.45, 7) is 9.50. The average Bonchev–Trinajstić information content (AvgIpc) is 2.62. The van der Waals surface area contributed by atoms with Gasteiger partial charge in [0.25, 0.3) is 0 Å². The molecule has 3 heteroatoms. The third-order valence-corrected chi connectivity index (χ3v) is 9.41. The van der Waals surface area contributed by atoms with Crippen LogP contribution in [-0.4, -0.2) is 20.7 Å². The van der Waals surface area contributed by atoms with Crippen molar-refractivity contribution in [3.63, 3.8) is 0 Å². The van der Waals surface area contributed by atoms with Gasteiger partial charge in [0.15, 0.2) is 0 Å². The predicted octanol–water partition coefficient (Wildman–Crippen LogP) is 4.90. The number of carbonyl (C=O) groups is 1. The van der Waals surface area contributed by atoms with E-state index in [1.807, 2.05) is 6.92 Å². The fourth-order valence-corrected chi connectivity index (χ4v) is 7.94. The minimum absolute atomic E-state index is 0.0830. The van der Waals surface area contributed by atoms with Crippen LogP contribution in [0.2, 0.25) is 13.1 Å². The lowest BCUT2D eigenvalue weighted by Gasteiger charge is -2.38. The highest BCUT2D eigenvalue weighted by Gasteiger charge is 2.38. The van der Waals surface area contributed by atoms with E-state index in [9.17, 15) is 4.79 Å². The summed E-state index contributed by atoms with van der Waals surface area (Å²) >= 11 is 0. The Bertz CT molecular complexity index is 652. The molecule has 0 unspecified atom stereocenters. The quantitative estimate of drug-likeness (QED) is 0.497. The molecule has 0 radical (unpaired) electrons. The van der Waals surface area contributed by atoms with Crippen LogP contribution in [0.5, 0.6) is 0 Å². The van der Waals surface area contributed by atoms with Gasteiger partial charge in [0.2, 0.25) is 0 Å². The van der Waals surface area contributed by atoms with Crippen LogP contribution in [0.25, 0.3) is 0 Å². The summed E-state index contributed by atoms with van der Waals surface area (Å²) < 4.78 is 5.12. The summed E-state index contributed by atoms with van der Waals surface area (Å²) in [5.41, 5.74) is 1.85. The second-order valence-corrected chi connectivity index (χ2v) is 11.9. The molecular formula is C22H30O2Si. The van der Waals surface area contributed by atoms with E-state index in [-0.39, 0.29) is 5.97 Å². The maximum Gasteiger partial charge on any atom is 0.305 e. The Labute approximate surface area is 153 Å². The number of esters is 1. The third kappa shape index (κ3) is 5.05. The van der Waals surface area contributed by atoms with Gasteiger partial charge in [-0.1, -0.05) is 85.9 Å². The summed E-state index contributed by atoms with van der Waals surface area (Å²) in [5.74, 6) is 0.342. The van der Waals surface area contributed by atoms with Crippen molar-refractivity contribution < 1.29 is 9.53 Å². The molecule has 0 bridgehead atoms. The van der Waals surface area contributed by atoms with Gasteiger partial charge in [-0.25, -0.2) is 0 Å². The number of hydrogen-bond acceptors (Lipinski definition) is 2. The van der Waals surface area contributed by atoms with E-state index < -0.39 is 8.07 Å². The van der Waals surface area contributed by atoms with Crippen molar-refractivity contribution in [2.24, 2.45) is 5.92 Å². The van der Waals surface area contributed by atoms with E-state index in [0.717, 1.165) is 6.42 Å². The van der Waals surface area contributed by atoms with Crippen LogP contribution in [-0.2, 0) is 9.53 Å². The molecule has 2 rings (SSSR count). The van der Waals surface area contributed by atoms with Crippen LogP contribution in [0.15, 0.2) is 60.7 Å². The maximum atomic E-state index is 11.8. The molecule has 0 saturated heterocycles. The van der Waals surface area contributed by atoms with Gasteiger partial charge in [-0.15, -0.1) is 0 Å². The number of carbonyl (C=O) groups excluding carboxylic acids is 1. The number of rotatable bonds is 8. The van der Waals surface area contributed by atoms with Crippen molar-refractivity contribution in [3.05, 3.63) is 66.2 Å². The summed E-state index contributed by atoms with van der Waals surface area (Å²) in [6.07, 6.45) is 1.36. The van der Waals surface area contributed by atoms with Crippen molar-refractivity contribution in [2.45, 2.75) is 45.3 Å². The van der Waals surface area contributed by atoms with Crippen LogP contribution in [0, 0.1) is 5.92 Å². The van der Waals surface area contributed by atoms with Gasteiger partial charge in [-0.05, 0) is 30.4 Å². The van der Waals surface area contributed by atoms with Gasteiger partial charge in [0.1, 0.15) is 0 Å². The number of benzene rings is 2. The first-order chi connectivity index (χ1) is 12.0. The monoisotopic (exact) mass is 354 g/mol. The lowest BCUT2D eigenvalue weighted by Crippen LogP contribution is -2.50. The number of hydrogen-bond donors (Lipinski definition) is 0. The third-order valence-electron chi connectivity index (χ3n) is 5.13. The summed E-state index contributed by atoms with van der Waals surface area (Å²) in [7, 11) is -1.76. The average molecular weight is 355 g/mol. The van der Waals surface area contributed by atoms with Gasteiger partial charge in [0, 0.05) is 6.42 Å². The van der Waals surface area contributed by atoms with E-state index in [4.69, 9.17) is 4.74 Å². The van der Waals surface area contributed by atoms with Crippen LogP contribution in [0.1, 0.15) is 37.8 Å². The molecule has 0 saturated carbocycles. The molecule has 0 heterocycles. The highest BCUT2D eigenvalue weighted by molar-refractivity contribution is 6.91. The first kappa shape index (κ1) is 19.5. The van der Waals surface area contributed by atoms with Crippen molar-refractivity contribution in [3.8, 4) is 0 Å². The zero-order valence-corrected chi connectivity index (χ0v) is 16.9. The zero-order chi connectivity index (χ0) is 18.3. The summed E-state index contributed by atoms with van der Waals surface area (Å²) in [6, 6.07) is 21.7. The lowest BCUT2D eigenvalue weighted by molar-refractivity contribution is -0.143. The standard InChI is InChI=1S/C22H30O2Si/c1-5-24-21(23)17-16-18(2)22(19-12-8-6-9-13-19)25(3,4)20-14-10-7-11-15-20/h6-15,18,22H,5,16-17H2,1-4H3/t18-,22+/m0/s1. The molecule has 0 amide bonds. The van der Waals surface area contributed by atoms with E-state index in [1.165, 1.54) is 10.8 Å². The van der Waals surface area contributed by atoms with Crippen molar-refractivity contribution in [2.75, 3.05) is 6.61 Å². The highest BCUT2D eigenvalue weighted by atomic mass is 28.3. The summed E-state index contributed by atoms with van der Waals surface area (Å²) in [4.78, 5) is 11.8. The minimum atomic E-state index is -1.76. The molecule has 0 aliphatic carbocycles. The van der Waals surface area contributed by atoms with Crippen molar-refractivity contribution >= 4 is 19.2 Å². The van der Waals surface area contributed by atoms with Crippen LogP contribution < -0.4 is 5.19 Å². The molecule has 0 aromatic heterocycles. The molecule has 2 nitrogen and oxygen atoms in total. The molecule has 0 spiro atoms. The Morgan fingerprint density at radius 3 is 2.12 bits per heavy atom. The first-order valence-corrected chi connectivity index (χ1v) is 12.3. The molecule has 2 aromatic carbocycles. The zero-order valence-electron chi connectivity index (χ0n) is 15.9. The first-order valence-electron chi connectivity index (χ1n) is 9.23. The van der Waals surface area contributed by atoms with Crippen LogP contribution >= 0.6 is 0 Å². The topological polar surface area (TPSA) is 26.3 Å². The van der Waals surface area contributed by atoms with E-state index in [0.29, 0.717) is 24.5 Å². The van der Waals surface area contributed by atoms with Gasteiger partial charge in [-0.3, -0.25) is 4.79 Å². The molecule has 134 valence electrons. The second kappa shape index (κ2) is 9.00.